The van der Waals surface area contributed by atoms with Crippen LogP contribution in [0.4, 0.5) is 0 Å². The van der Waals surface area contributed by atoms with E-state index in [1.54, 1.807) is 0 Å². The first-order valence-electron chi connectivity index (χ1n) is 7.26. The summed E-state index contributed by atoms with van der Waals surface area (Å²) in [7, 11) is 2.08. The van der Waals surface area contributed by atoms with Crippen molar-refractivity contribution in [3.8, 4) is 0 Å². The van der Waals surface area contributed by atoms with Crippen LogP contribution in [0.3, 0.4) is 0 Å². The van der Waals surface area contributed by atoms with Crippen LogP contribution in [0.25, 0.3) is 10.9 Å². The van der Waals surface area contributed by atoms with Crippen LogP contribution < -0.4 is 10.6 Å². The van der Waals surface area contributed by atoms with Gasteiger partial charge in [-0.1, -0.05) is 18.2 Å². The van der Waals surface area contributed by atoms with Crippen molar-refractivity contribution in [2.24, 2.45) is 5.92 Å². The SMILES string of the molecule is CNC(c1c(C)[nH]c2ccccc12)C1CCCNC1. The molecule has 102 valence electrons. The molecule has 3 N–H and O–H groups in total. The molecular formula is C16H23N3. The predicted octanol–water partition coefficient (Wildman–Crippen LogP) is 2.74. The van der Waals surface area contributed by atoms with Gasteiger partial charge in [0.2, 0.25) is 0 Å². The van der Waals surface area contributed by atoms with E-state index in [2.05, 4.69) is 53.9 Å². The number of para-hydroxylation sites is 1. The van der Waals surface area contributed by atoms with E-state index < -0.39 is 0 Å². The number of aryl methyl sites for hydroxylation is 1. The summed E-state index contributed by atoms with van der Waals surface area (Å²) in [4.78, 5) is 3.52. The molecule has 2 unspecified atom stereocenters. The fraction of sp³-hybridized carbons (Fsp3) is 0.500. The summed E-state index contributed by atoms with van der Waals surface area (Å²) < 4.78 is 0. The van der Waals surface area contributed by atoms with Crippen molar-refractivity contribution in [1.82, 2.24) is 15.6 Å². The van der Waals surface area contributed by atoms with Crippen molar-refractivity contribution in [2.75, 3.05) is 20.1 Å². The summed E-state index contributed by atoms with van der Waals surface area (Å²) in [5, 5.41) is 8.44. The number of hydrogen-bond donors (Lipinski definition) is 3. The summed E-state index contributed by atoms with van der Waals surface area (Å²) in [5.74, 6) is 0.677. The van der Waals surface area contributed by atoms with Gasteiger partial charge in [-0.15, -0.1) is 0 Å². The van der Waals surface area contributed by atoms with Crippen LogP contribution in [0.5, 0.6) is 0 Å². The predicted molar refractivity (Wildman–Crippen MR) is 80.4 cm³/mol. The maximum absolute atomic E-state index is 3.55. The zero-order valence-electron chi connectivity index (χ0n) is 11.8. The third-order valence-electron chi connectivity index (χ3n) is 4.37. The number of rotatable bonds is 3. The van der Waals surface area contributed by atoms with Gasteiger partial charge in [0.1, 0.15) is 0 Å². The average molecular weight is 257 g/mol. The third-order valence-corrected chi connectivity index (χ3v) is 4.37. The zero-order chi connectivity index (χ0) is 13.2. The van der Waals surface area contributed by atoms with Gasteiger partial charge >= 0.3 is 0 Å². The van der Waals surface area contributed by atoms with E-state index in [0.29, 0.717) is 12.0 Å². The highest BCUT2D eigenvalue weighted by molar-refractivity contribution is 5.85. The number of piperidine rings is 1. The Hall–Kier alpha value is -1.32. The molecule has 0 radical (unpaired) electrons. The number of aromatic amines is 1. The van der Waals surface area contributed by atoms with Crippen LogP contribution in [0, 0.1) is 12.8 Å². The van der Waals surface area contributed by atoms with Crippen molar-refractivity contribution in [1.29, 1.82) is 0 Å². The lowest BCUT2D eigenvalue weighted by Crippen LogP contribution is -2.37. The third kappa shape index (κ3) is 2.28. The Bertz CT molecular complexity index is 552. The number of aromatic nitrogens is 1. The Labute approximate surface area is 114 Å². The minimum atomic E-state index is 0.434. The molecule has 0 bridgehead atoms. The van der Waals surface area contributed by atoms with E-state index in [-0.39, 0.29) is 0 Å². The first kappa shape index (κ1) is 12.7. The van der Waals surface area contributed by atoms with Crippen molar-refractivity contribution < 1.29 is 0 Å². The van der Waals surface area contributed by atoms with Gasteiger partial charge in [-0.25, -0.2) is 0 Å². The smallest absolute Gasteiger partial charge is 0.0459 e. The average Bonchev–Trinajstić information content (AvgIpc) is 2.78. The second-order valence-corrected chi connectivity index (χ2v) is 5.58. The fourth-order valence-electron chi connectivity index (χ4n) is 3.48. The fourth-order valence-corrected chi connectivity index (χ4v) is 3.48. The number of benzene rings is 1. The van der Waals surface area contributed by atoms with E-state index >= 15 is 0 Å². The molecule has 0 aliphatic carbocycles. The highest BCUT2D eigenvalue weighted by Gasteiger charge is 2.27. The maximum atomic E-state index is 3.55. The molecule has 1 aliphatic heterocycles. The van der Waals surface area contributed by atoms with E-state index in [1.165, 1.54) is 41.5 Å². The lowest BCUT2D eigenvalue weighted by atomic mass is 9.86. The van der Waals surface area contributed by atoms with Gasteiger partial charge in [0, 0.05) is 22.6 Å². The quantitative estimate of drug-likeness (QED) is 0.791. The molecule has 3 rings (SSSR count). The second kappa shape index (κ2) is 5.35. The molecule has 0 spiro atoms. The van der Waals surface area contributed by atoms with Gasteiger partial charge in [-0.05, 0) is 57.5 Å². The molecule has 1 fully saturated rings. The molecule has 0 saturated carbocycles. The van der Waals surface area contributed by atoms with E-state index in [9.17, 15) is 0 Å². The molecular weight excluding hydrogens is 234 g/mol. The molecule has 2 heterocycles. The first-order chi connectivity index (χ1) is 9.31. The molecule has 1 saturated heterocycles. The number of H-pyrrole nitrogens is 1. The highest BCUT2D eigenvalue weighted by atomic mass is 14.9. The Morgan fingerprint density at radius 1 is 1.32 bits per heavy atom. The van der Waals surface area contributed by atoms with Crippen LogP contribution in [0.1, 0.15) is 30.1 Å². The van der Waals surface area contributed by atoms with Gasteiger partial charge in [0.05, 0.1) is 0 Å². The zero-order valence-corrected chi connectivity index (χ0v) is 11.8. The largest absolute Gasteiger partial charge is 0.358 e. The monoisotopic (exact) mass is 257 g/mol. The van der Waals surface area contributed by atoms with Crippen molar-refractivity contribution in [3.05, 3.63) is 35.5 Å². The summed E-state index contributed by atoms with van der Waals surface area (Å²) in [5.41, 5.74) is 4.00. The molecule has 0 amide bonds. The molecule has 19 heavy (non-hydrogen) atoms. The van der Waals surface area contributed by atoms with Gasteiger partial charge in [-0.2, -0.15) is 0 Å². The van der Waals surface area contributed by atoms with Crippen molar-refractivity contribution in [3.63, 3.8) is 0 Å². The Balaban J connectivity index is 2.02. The minimum absolute atomic E-state index is 0.434. The second-order valence-electron chi connectivity index (χ2n) is 5.58. The van der Waals surface area contributed by atoms with E-state index in [0.717, 1.165) is 6.54 Å². The standard InChI is InChI=1S/C16H23N3/c1-11-15(13-7-3-4-8-14(13)19-11)16(17-2)12-6-5-9-18-10-12/h3-4,7-8,12,16-19H,5-6,9-10H2,1-2H3. The lowest BCUT2D eigenvalue weighted by Gasteiger charge is -2.31. The molecule has 3 heteroatoms. The van der Waals surface area contributed by atoms with Crippen molar-refractivity contribution in [2.45, 2.75) is 25.8 Å². The van der Waals surface area contributed by atoms with Crippen LogP contribution in [0.15, 0.2) is 24.3 Å². The number of hydrogen-bond acceptors (Lipinski definition) is 2. The molecule has 1 aliphatic rings. The van der Waals surface area contributed by atoms with E-state index in [4.69, 9.17) is 0 Å². The number of nitrogens with one attached hydrogen (secondary N) is 3. The molecule has 1 aromatic carbocycles. The molecule has 2 aromatic rings. The maximum Gasteiger partial charge on any atom is 0.0459 e. The van der Waals surface area contributed by atoms with Crippen LogP contribution in [-0.2, 0) is 0 Å². The molecule has 3 nitrogen and oxygen atoms in total. The minimum Gasteiger partial charge on any atom is -0.358 e. The summed E-state index contributed by atoms with van der Waals surface area (Å²) in [6.45, 7) is 4.47. The van der Waals surface area contributed by atoms with E-state index in [1.807, 2.05) is 0 Å². The van der Waals surface area contributed by atoms with Crippen molar-refractivity contribution >= 4 is 10.9 Å². The number of fused-ring (bicyclic) bond motifs is 1. The Kier molecular flexibility index (Phi) is 3.58. The van der Waals surface area contributed by atoms with Gasteiger partial charge < -0.3 is 15.6 Å². The Morgan fingerprint density at radius 3 is 2.89 bits per heavy atom. The van der Waals surface area contributed by atoms with Gasteiger partial charge in [-0.3, -0.25) is 0 Å². The highest BCUT2D eigenvalue weighted by Crippen LogP contribution is 2.34. The lowest BCUT2D eigenvalue weighted by molar-refractivity contribution is 0.299. The topological polar surface area (TPSA) is 39.9 Å². The van der Waals surface area contributed by atoms with Crippen LogP contribution in [-0.4, -0.2) is 25.1 Å². The Morgan fingerprint density at radius 2 is 2.16 bits per heavy atom. The van der Waals surface area contributed by atoms with Gasteiger partial charge in [0.25, 0.3) is 0 Å². The van der Waals surface area contributed by atoms with Gasteiger partial charge in [0.15, 0.2) is 0 Å². The summed E-state index contributed by atoms with van der Waals surface area (Å²) >= 11 is 0. The summed E-state index contributed by atoms with van der Waals surface area (Å²) in [6.07, 6.45) is 2.59. The first-order valence-corrected chi connectivity index (χ1v) is 7.26. The van der Waals surface area contributed by atoms with Crippen LogP contribution in [0.2, 0.25) is 0 Å². The summed E-state index contributed by atoms with van der Waals surface area (Å²) in [6, 6.07) is 9.06. The van der Waals surface area contributed by atoms with Crippen LogP contribution >= 0.6 is 0 Å². The normalized spacial score (nSPS) is 21.7. The molecule has 2 atom stereocenters. The molecule has 1 aromatic heterocycles.